The summed E-state index contributed by atoms with van der Waals surface area (Å²) in [6.45, 7) is 1.19. The minimum absolute atomic E-state index is 0.462. The van der Waals surface area contributed by atoms with Gasteiger partial charge in [-0.25, -0.2) is 0 Å². The van der Waals surface area contributed by atoms with Crippen LogP contribution in [0.1, 0.15) is 57.8 Å². The van der Waals surface area contributed by atoms with Gasteiger partial charge in [-0.2, -0.15) is 0 Å². The molecule has 2 atom stereocenters. The SMILES string of the molecule is NC1CCCCCC1CNC(C1CC1)C1CC1. The first kappa shape index (κ1) is 12.0. The Balaban J connectivity index is 1.47. The zero-order valence-corrected chi connectivity index (χ0v) is 11.0. The highest BCUT2D eigenvalue weighted by molar-refractivity contribution is 4.96. The van der Waals surface area contributed by atoms with Crippen molar-refractivity contribution in [2.24, 2.45) is 23.5 Å². The predicted molar refractivity (Wildman–Crippen MR) is 71.8 cm³/mol. The number of nitrogens with one attached hydrogen (secondary N) is 1. The minimum atomic E-state index is 0.462. The van der Waals surface area contributed by atoms with Gasteiger partial charge in [0.05, 0.1) is 0 Å². The smallest absolute Gasteiger partial charge is 0.0124 e. The van der Waals surface area contributed by atoms with Crippen molar-refractivity contribution in [2.75, 3.05) is 6.54 Å². The maximum absolute atomic E-state index is 6.31. The van der Waals surface area contributed by atoms with Gasteiger partial charge in [0.1, 0.15) is 0 Å². The summed E-state index contributed by atoms with van der Waals surface area (Å²) >= 11 is 0. The molecule has 0 radical (unpaired) electrons. The highest BCUT2D eigenvalue weighted by Gasteiger charge is 2.41. The molecule has 3 aliphatic carbocycles. The average molecular weight is 236 g/mol. The molecule has 98 valence electrons. The van der Waals surface area contributed by atoms with E-state index in [0.717, 1.165) is 23.8 Å². The molecule has 0 spiro atoms. The van der Waals surface area contributed by atoms with Crippen molar-refractivity contribution in [3.05, 3.63) is 0 Å². The van der Waals surface area contributed by atoms with Crippen LogP contribution in [0.25, 0.3) is 0 Å². The Morgan fingerprint density at radius 1 is 0.882 bits per heavy atom. The largest absolute Gasteiger partial charge is 0.327 e. The van der Waals surface area contributed by atoms with Crippen molar-refractivity contribution >= 4 is 0 Å². The van der Waals surface area contributed by atoms with E-state index in [2.05, 4.69) is 5.32 Å². The van der Waals surface area contributed by atoms with E-state index in [-0.39, 0.29) is 0 Å². The molecule has 17 heavy (non-hydrogen) atoms. The van der Waals surface area contributed by atoms with Crippen LogP contribution >= 0.6 is 0 Å². The zero-order valence-electron chi connectivity index (χ0n) is 11.0. The van der Waals surface area contributed by atoms with Gasteiger partial charge in [0, 0.05) is 12.1 Å². The second-order valence-corrected chi connectivity index (χ2v) is 6.67. The summed E-state index contributed by atoms with van der Waals surface area (Å²) in [5, 5.41) is 3.89. The van der Waals surface area contributed by atoms with Crippen molar-refractivity contribution < 1.29 is 0 Å². The van der Waals surface area contributed by atoms with E-state index in [1.807, 2.05) is 0 Å². The van der Waals surface area contributed by atoms with Crippen LogP contribution in [0.3, 0.4) is 0 Å². The Morgan fingerprint density at radius 3 is 2.18 bits per heavy atom. The summed E-state index contributed by atoms with van der Waals surface area (Å²) in [5.41, 5.74) is 6.31. The molecule has 0 amide bonds. The van der Waals surface area contributed by atoms with E-state index in [4.69, 9.17) is 5.73 Å². The summed E-state index contributed by atoms with van der Waals surface area (Å²) in [7, 11) is 0. The molecule has 3 fully saturated rings. The van der Waals surface area contributed by atoms with E-state index in [1.54, 1.807) is 0 Å². The average Bonchev–Trinajstić information content (AvgIpc) is 3.18. The highest BCUT2D eigenvalue weighted by Crippen LogP contribution is 2.44. The highest BCUT2D eigenvalue weighted by atomic mass is 15.0. The Kier molecular flexibility index (Phi) is 3.72. The van der Waals surface area contributed by atoms with Crippen molar-refractivity contribution in [1.29, 1.82) is 0 Å². The first-order valence-electron chi connectivity index (χ1n) is 7.83. The molecule has 3 aliphatic rings. The third-order valence-electron chi connectivity index (χ3n) is 5.09. The molecular formula is C15H28N2. The van der Waals surface area contributed by atoms with Gasteiger partial charge in [-0.1, -0.05) is 19.3 Å². The lowest BCUT2D eigenvalue weighted by atomic mass is 9.94. The molecule has 2 heteroatoms. The molecule has 2 nitrogen and oxygen atoms in total. The number of hydrogen-bond acceptors (Lipinski definition) is 2. The summed E-state index contributed by atoms with van der Waals surface area (Å²) < 4.78 is 0. The van der Waals surface area contributed by atoms with Gasteiger partial charge in [-0.3, -0.25) is 0 Å². The van der Waals surface area contributed by atoms with Crippen LogP contribution in [0.5, 0.6) is 0 Å². The summed E-state index contributed by atoms with van der Waals surface area (Å²) in [5.74, 6) is 2.78. The Bertz CT molecular complexity index is 233. The first-order chi connectivity index (χ1) is 8.34. The fraction of sp³-hybridized carbons (Fsp3) is 1.00. The Morgan fingerprint density at radius 2 is 1.53 bits per heavy atom. The molecule has 0 bridgehead atoms. The van der Waals surface area contributed by atoms with Gasteiger partial charge in [-0.05, 0) is 62.8 Å². The lowest BCUT2D eigenvalue weighted by Gasteiger charge is -2.25. The van der Waals surface area contributed by atoms with Crippen molar-refractivity contribution in [3.8, 4) is 0 Å². The Hall–Kier alpha value is -0.0800. The zero-order chi connectivity index (χ0) is 11.7. The summed E-state index contributed by atoms with van der Waals surface area (Å²) in [4.78, 5) is 0. The number of hydrogen-bond donors (Lipinski definition) is 2. The summed E-state index contributed by atoms with van der Waals surface area (Å²) in [6, 6.07) is 1.31. The van der Waals surface area contributed by atoms with E-state index < -0.39 is 0 Å². The molecule has 3 N–H and O–H groups in total. The van der Waals surface area contributed by atoms with E-state index >= 15 is 0 Å². The molecule has 0 aromatic rings. The van der Waals surface area contributed by atoms with E-state index in [0.29, 0.717) is 6.04 Å². The standard InChI is InChI=1S/C15H28N2/c16-14-5-3-1-2-4-13(14)10-17-15(11-6-7-11)12-8-9-12/h11-15,17H,1-10,16H2. The minimum Gasteiger partial charge on any atom is -0.327 e. The summed E-state index contributed by atoms with van der Waals surface area (Å²) in [6.07, 6.45) is 12.7. The first-order valence-corrected chi connectivity index (χ1v) is 7.83. The third kappa shape index (κ3) is 3.23. The maximum Gasteiger partial charge on any atom is 0.0124 e. The van der Waals surface area contributed by atoms with Crippen LogP contribution in [0, 0.1) is 17.8 Å². The van der Waals surface area contributed by atoms with Crippen molar-refractivity contribution in [2.45, 2.75) is 69.9 Å². The van der Waals surface area contributed by atoms with Crippen LogP contribution in [0.2, 0.25) is 0 Å². The third-order valence-corrected chi connectivity index (χ3v) is 5.09. The van der Waals surface area contributed by atoms with Crippen LogP contribution in [0.15, 0.2) is 0 Å². The van der Waals surface area contributed by atoms with Gasteiger partial charge < -0.3 is 11.1 Å². The van der Waals surface area contributed by atoms with Crippen LogP contribution in [-0.4, -0.2) is 18.6 Å². The Labute approximate surface area is 106 Å². The van der Waals surface area contributed by atoms with Crippen LogP contribution < -0.4 is 11.1 Å². The van der Waals surface area contributed by atoms with Gasteiger partial charge in [-0.15, -0.1) is 0 Å². The molecule has 3 saturated carbocycles. The van der Waals surface area contributed by atoms with Crippen molar-refractivity contribution in [3.63, 3.8) is 0 Å². The fourth-order valence-corrected chi connectivity index (χ4v) is 3.58. The lowest BCUT2D eigenvalue weighted by molar-refractivity contribution is 0.326. The lowest BCUT2D eigenvalue weighted by Crippen LogP contribution is -2.42. The normalized spacial score (nSPS) is 34.9. The van der Waals surface area contributed by atoms with Crippen molar-refractivity contribution in [1.82, 2.24) is 5.32 Å². The molecular weight excluding hydrogens is 208 g/mol. The van der Waals surface area contributed by atoms with Gasteiger partial charge in [0.15, 0.2) is 0 Å². The molecule has 0 heterocycles. The quantitative estimate of drug-likeness (QED) is 0.720. The molecule has 3 rings (SSSR count). The second-order valence-electron chi connectivity index (χ2n) is 6.67. The maximum atomic E-state index is 6.31. The number of nitrogens with two attached hydrogens (primary N) is 1. The van der Waals surface area contributed by atoms with Gasteiger partial charge in [0.25, 0.3) is 0 Å². The molecule has 0 aliphatic heterocycles. The van der Waals surface area contributed by atoms with Gasteiger partial charge >= 0.3 is 0 Å². The van der Waals surface area contributed by atoms with Crippen LogP contribution in [0.4, 0.5) is 0 Å². The van der Waals surface area contributed by atoms with E-state index in [9.17, 15) is 0 Å². The van der Waals surface area contributed by atoms with Gasteiger partial charge in [0.2, 0.25) is 0 Å². The molecule has 0 aromatic heterocycles. The molecule has 0 aromatic carbocycles. The second kappa shape index (κ2) is 5.27. The van der Waals surface area contributed by atoms with Crippen LogP contribution in [-0.2, 0) is 0 Å². The molecule has 0 saturated heterocycles. The van der Waals surface area contributed by atoms with E-state index in [1.165, 1.54) is 64.3 Å². The molecule has 2 unspecified atom stereocenters. The number of rotatable bonds is 5. The predicted octanol–water partition coefficient (Wildman–Crippen LogP) is 2.67. The topological polar surface area (TPSA) is 38.0 Å². The fourth-order valence-electron chi connectivity index (χ4n) is 3.58. The monoisotopic (exact) mass is 236 g/mol.